The number of aryl methyl sites for hydroxylation is 1. The van der Waals surface area contributed by atoms with Gasteiger partial charge in [0.2, 0.25) is 17.6 Å². The second-order valence-electron chi connectivity index (χ2n) is 4.51. The molecule has 0 atom stereocenters. The van der Waals surface area contributed by atoms with Gasteiger partial charge in [0.15, 0.2) is 0 Å². The van der Waals surface area contributed by atoms with Crippen molar-refractivity contribution in [1.29, 1.82) is 0 Å². The first-order chi connectivity index (χ1) is 10.8. The highest BCUT2D eigenvalue weighted by molar-refractivity contribution is 7.98. The lowest BCUT2D eigenvalue weighted by Gasteiger charge is -1.97. The molecule has 0 unspecified atom stereocenters. The molecule has 0 aliphatic heterocycles. The first-order valence-corrected chi connectivity index (χ1v) is 8.97. The quantitative estimate of drug-likeness (QED) is 0.633. The number of nitrogens with zero attached hydrogens (tertiary/aromatic N) is 4. The normalized spacial score (nSPS) is 11.0. The highest BCUT2D eigenvalue weighted by atomic mass is 32.2. The molecule has 0 saturated carbocycles. The third-order valence-corrected chi connectivity index (χ3v) is 4.23. The van der Waals surface area contributed by atoms with Gasteiger partial charge in [-0.15, -0.1) is 10.2 Å². The molecule has 114 valence electrons. The van der Waals surface area contributed by atoms with E-state index in [1.807, 2.05) is 37.4 Å². The summed E-state index contributed by atoms with van der Waals surface area (Å²) in [5, 5.41) is 12.5. The fourth-order valence-electron chi connectivity index (χ4n) is 1.85. The molecule has 0 spiro atoms. The highest BCUT2D eigenvalue weighted by Gasteiger charge is 2.13. The fourth-order valence-corrected chi connectivity index (χ4v) is 2.83. The van der Waals surface area contributed by atoms with Gasteiger partial charge in [0.25, 0.3) is 5.22 Å². The maximum atomic E-state index is 5.49. The van der Waals surface area contributed by atoms with Crippen LogP contribution in [-0.4, -0.2) is 26.6 Å². The Balaban J connectivity index is 1.65. The Morgan fingerprint density at radius 1 is 1.09 bits per heavy atom. The summed E-state index contributed by atoms with van der Waals surface area (Å²) in [5.74, 6) is 2.97. The van der Waals surface area contributed by atoms with Crippen LogP contribution < -0.4 is 0 Å². The number of thioether (sulfide) groups is 2. The minimum Gasteiger partial charge on any atom is -0.415 e. The molecule has 0 saturated heterocycles. The van der Waals surface area contributed by atoms with Crippen LogP contribution in [0.1, 0.15) is 17.3 Å². The van der Waals surface area contributed by atoms with E-state index in [0.717, 1.165) is 11.1 Å². The average molecular weight is 334 g/mol. The van der Waals surface area contributed by atoms with Crippen molar-refractivity contribution >= 4 is 23.5 Å². The van der Waals surface area contributed by atoms with E-state index in [2.05, 4.69) is 20.3 Å². The Labute approximate surface area is 136 Å². The molecule has 0 fully saturated rings. The first kappa shape index (κ1) is 15.1. The SMILES string of the molecule is CSCc1nnc(SCc2nc(-c3ccccc3C)no2)o1. The van der Waals surface area contributed by atoms with Crippen molar-refractivity contribution < 1.29 is 8.94 Å². The van der Waals surface area contributed by atoms with Crippen molar-refractivity contribution in [3.63, 3.8) is 0 Å². The van der Waals surface area contributed by atoms with Gasteiger partial charge in [-0.1, -0.05) is 41.2 Å². The molecule has 0 bridgehead atoms. The molecule has 0 amide bonds. The van der Waals surface area contributed by atoms with Gasteiger partial charge in [0.05, 0.1) is 11.5 Å². The van der Waals surface area contributed by atoms with Crippen molar-refractivity contribution in [1.82, 2.24) is 20.3 Å². The third-order valence-electron chi connectivity index (χ3n) is 2.89. The van der Waals surface area contributed by atoms with E-state index in [1.54, 1.807) is 11.8 Å². The number of hydrogen-bond acceptors (Lipinski definition) is 8. The van der Waals surface area contributed by atoms with Gasteiger partial charge in [0, 0.05) is 5.56 Å². The summed E-state index contributed by atoms with van der Waals surface area (Å²) in [4.78, 5) is 4.41. The van der Waals surface area contributed by atoms with Crippen LogP contribution in [0.25, 0.3) is 11.4 Å². The standard InChI is InChI=1S/C14H14N4O2S2/c1-9-5-3-4-6-10(9)13-15-11(20-18-13)8-22-14-17-16-12(19-14)7-21-2/h3-6H,7-8H2,1-2H3. The molecule has 6 nitrogen and oxygen atoms in total. The largest absolute Gasteiger partial charge is 0.415 e. The molecule has 3 rings (SSSR count). The molecular formula is C14H14N4O2S2. The Morgan fingerprint density at radius 3 is 2.77 bits per heavy atom. The Hall–Kier alpha value is -1.80. The second-order valence-corrected chi connectivity index (χ2v) is 6.30. The maximum Gasteiger partial charge on any atom is 0.277 e. The molecule has 2 aromatic heterocycles. The third kappa shape index (κ3) is 3.50. The highest BCUT2D eigenvalue weighted by Crippen LogP contribution is 2.24. The lowest BCUT2D eigenvalue weighted by Crippen LogP contribution is -1.85. The Morgan fingerprint density at radius 2 is 1.95 bits per heavy atom. The van der Waals surface area contributed by atoms with E-state index in [1.165, 1.54) is 11.8 Å². The topological polar surface area (TPSA) is 77.8 Å². The van der Waals surface area contributed by atoms with Crippen molar-refractivity contribution in [2.24, 2.45) is 0 Å². The second kappa shape index (κ2) is 6.97. The molecule has 8 heteroatoms. The van der Waals surface area contributed by atoms with E-state index in [0.29, 0.717) is 34.3 Å². The fraction of sp³-hybridized carbons (Fsp3) is 0.286. The van der Waals surface area contributed by atoms with Gasteiger partial charge in [-0.2, -0.15) is 16.7 Å². The van der Waals surface area contributed by atoms with Gasteiger partial charge in [-0.25, -0.2) is 0 Å². The Bertz CT molecular complexity index is 757. The number of hydrogen-bond donors (Lipinski definition) is 0. The molecule has 22 heavy (non-hydrogen) atoms. The van der Waals surface area contributed by atoms with E-state index < -0.39 is 0 Å². The van der Waals surface area contributed by atoms with Crippen LogP contribution >= 0.6 is 23.5 Å². The summed E-state index contributed by atoms with van der Waals surface area (Å²) < 4.78 is 10.8. The van der Waals surface area contributed by atoms with Crippen molar-refractivity contribution in [3.8, 4) is 11.4 Å². The van der Waals surface area contributed by atoms with E-state index >= 15 is 0 Å². The first-order valence-electron chi connectivity index (χ1n) is 6.59. The van der Waals surface area contributed by atoms with Crippen LogP contribution in [0.15, 0.2) is 38.4 Å². The number of rotatable bonds is 6. The van der Waals surface area contributed by atoms with Gasteiger partial charge >= 0.3 is 0 Å². The molecular weight excluding hydrogens is 320 g/mol. The zero-order valence-electron chi connectivity index (χ0n) is 12.1. The van der Waals surface area contributed by atoms with Crippen LogP contribution in [0.3, 0.4) is 0 Å². The van der Waals surface area contributed by atoms with Gasteiger partial charge in [0.1, 0.15) is 0 Å². The predicted octanol–water partition coefficient (Wildman–Crippen LogP) is 3.58. The lowest BCUT2D eigenvalue weighted by atomic mass is 10.1. The summed E-state index contributed by atoms with van der Waals surface area (Å²) in [6.07, 6.45) is 1.99. The number of benzene rings is 1. The van der Waals surface area contributed by atoms with Gasteiger partial charge in [-0.05, 0) is 18.7 Å². The summed E-state index contributed by atoms with van der Waals surface area (Å²) in [6, 6.07) is 7.94. The summed E-state index contributed by atoms with van der Waals surface area (Å²) in [6.45, 7) is 2.02. The summed E-state index contributed by atoms with van der Waals surface area (Å²) >= 11 is 3.03. The molecule has 0 radical (unpaired) electrons. The zero-order valence-corrected chi connectivity index (χ0v) is 13.8. The molecule has 0 aliphatic carbocycles. The molecule has 3 aromatic rings. The zero-order chi connectivity index (χ0) is 15.4. The molecule has 0 N–H and O–H groups in total. The minimum atomic E-state index is 0.500. The Kier molecular flexibility index (Phi) is 4.79. The van der Waals surface area contributed by atoms with Crippen LogP contribution in [0.2, 0.25) is 0 Å². The summed E-state index contributed by atoms with van der Waals surface area (Å²) in [7, 11) is 0. The van der Waals surface area contributed by atoms with Crippen molar-refractivity contribution in [2.45, 2.75) is 23.7 Å². The van der Waals surface area contributed by atoms with Crippen molar-refractivity contribution in [3.05, 3.63) is 41.6 Å². The minimum absolute atomic E-state index is 0.500. The van der Waals surface area contributed by atoms with Crippen LogP contribution in [0.4, 0.5) is 0 Å². The van der Waals surface area contributed by atoms with Crippen LogP contribution in [-0.2, 0) is 11.5 Å². The van der Waals surface area contributed by atoms with Gasteiger partial charge < -0.3 is 8.94 Å². The molecule has 2 heterocycles. The van der Waals surface area contributed by atoms with Gasteiger partial charge in [-0.3, -0.25) is 0 Å². The van der Waals surface area contributed by atoms with E-state index in [4.69, 9.17) is 8.94 Å². The van der Waals surface area contributed by atoms with Crippen molar-refractivity contribution in [2.75, 3.05) is 6.26 Å². The van der Waals surface area contributed by atoms with E-state index in [-0.39, 0.29) is 0 Å². The molecule has 0 aliphatic rings. The lowest BCUT2D eigenvalue weighted by molar-refractivity contribution is 0.390. The number of aromatic nitrogens is 4. The monoisotopic (exact) mass is 334 g/mol. The molecule has 1 aromatic carbocycles. The maximum absolute atomic E-state index is 5.49. The van der Waals surface area contributed by atoms with Crippen LogP contribution in [0.5, 0.6) is 0 Å². The smallest absolute Gasteiger partial charge is 0.277 e. The summed E-state index contributed by atoms with van der Waals surface area (Å²) in [5.41, 5.74) is 2.09. The average Bonchev–Trinajstić information content (AvgIpc) is 3.15. The van der Waals surface area contributed by atoms with E-state index in [9.17, 15) is 0 Å². The predicted molar refractivity (Wildman–Crippen MR) is 85.5 cm³/mol. The van der Waals surface area contributed by atoms with Crippen LogP contribution in [0, 0.1) is 6.92 Å².